The molecule has 184 valence electrons. The van der Waals surface area contributed by atoms with Crippen LogP contribution in [-0.2, 0) is 19.0 Å². The number of rotatable bonds is 7. The molecule has 4 aliphatic rings. The Hall–Kier alpha value is -0.650. The molecule has 0 amide bonds. The number of fused-ring (bicyclic) bond motifs is 5. The zero-order valence-electron chi connectivity index (χ0n) is 21.1. The van der Waals surface area contributed by atoms with Crippen molar-refractivity contribution in [3.05, 3.63) is 0 Å². The molecule has 5 nitrogen and oxygen atoms in total. The van der Waals surface area contributed by atoms with Gasteiger partial charge in [0.15, 0.2) is 0 Å². The minimum absolute atomic E-state index is 0.0948. The third-order valence-corrected chi connectivity index (χ3v) is 11.2. The van der Waals surface area contributed by atoms with E-state index in [1.54, 1.807) is 0 Å². The second-order valence-electron chi connectivity index (χ2n) is 12.1. The van der Waals surface area contributed by atoms with Crippen LogP contribution < -0.4 is 0 Å². The molecule has 4 fully saturated rings. The minimum Gasteiger partial charge on any atom is -0.481 e. The summed E-state index contributed by atoms with van der Waals surface area (Å²) in [5, 5.41) is 9.25. The topological polar surface area (TPSA) is 65.0 Å². The van der Waals surface area contributed by atoms with Gasteiger partial charge in [-0.1, -0.05) is 20.8 Å². The van der Waals surface area contributed by atoms with Crippen LogP contribution in [0.2, 0.25) is 0 Å². The van der Waals surface area contributed by atoms with Crippen molar-refractivity contribution in [2.45, 2.75) is 96.9 Å². The van der Waals surface area contributed by atoms with Crippen LogP contribution in [0.4, 0.5) is 0 Å². The molecule has 4 aliphatic carbocycles. The molecule has 0 spiro atoms. The molecule has 11 atom stereocenters. The van der Waals surface area contributed by atoms with Crippen LogP contribution in [0.1, 0.15) is 78.6 Å². The van der Waals surface area contributed by atoms with Gasteiger partial charge in [0.05, 0.1) is 18.3 Å². The van der Waals surface area contributed by atoms with Gasteiger partial charge in [-0.3, -0.25) is 4.79 Å². The molecular weight excluding hydrogens is 404 g/mol. The number of aliphatic carboxylic acids is 1. The van der Waals surface area contributed by atoms with Crippen molar-refractivity contribution >= 4 is 5.97 Å². The lowest BCUT2D eigenvalue weighted by Gasteiger charge is -2.64. The quantitative estimate of drug-likeness (QED) is 0.562. The first kappa shape index (κ1) is 24.5. The minimum atomic E-state index is -0.680. The maximum absolute atomic E-state index is 11.2. The van der Waals surface area contributed by atoms with Gasteiger partial charge in [0.25, 0.3) is 0 Å². The molecule has 1 unspecified atom stereocenters. The fourth-order valence-electron chi connectivity index (χ4n) is 9.43. The van der Waals surface area contributed by atoms with E-state index in [2.05, 4.69) is 20.8 Å². The normalized spacial score (nSPS) is 49.1. The summed E-state index contributed by atoms with van der Waals surface area (Å²) in [6.45, 7) is 7.31. The summed E-state index contributed by atoms with van der Waals surface area (Å²) in [6, 6.07) is 0. The molecule has 0 aromatic carbocycles. The number of carboxylic acid groups (broad SMARTS) is 1. The monoisotopic (exact) mass is 450 g/mol. The summed E-state index contributed by atoms with van der Waals surface area (Å²) >= 11 is 0. The average molecular weight is 451 g/mol. The Kier molecular flexibility index (Phi) is 7.03. The van der Waals surface area contributed by atoms with Crippen molar-refractivity contribution in [3.8, 4) is 0 Å². The van der Waals surface area contributed by atoms with Crippen LogP contribution in [0, 0.1) is 46.3 Å². The number of methoxy groups -OCH3 is 3. The average Bonchev–Trinajstić information content (AvgIpc) is 3.13. The molecule has 4 saturated carbocycles. The Morgan fingerprint density at radius 3 is 2.38 bits per heavy atom. The Balaban J connectivity index is 1.65. The lowest BCUT2D eigenvalue weighted by atomic mass is 9.43. The molecule has 32 heavy (non-hydrogen) atoms. The van der Waals surface area contributed by atoms with Crippen LogP contribution >= 0.6 is 0 Å². The Morgan fingerprint density at radius 1 is 1.00 bits per heavy atom. The highest BCUT2D eigenvalue weighted by Crippen LogP contribution is 2.69. The molecule has 1 N–H and O–H groups in total. The van der Waals surface area contributed by atoms with Crippen molar-refractivity contribution in [2.75, 3.05) is 21.3 Å². The molecule has 0 radical (unpaired) electrons. The Labute approximate surface area is 195 Å². The van der Waals surface area contributed by atoms with Crippen molar-refractivity contribution in [1.82, 2.24) is 0 Å². The van der Waals surface area contributed by atoms with Crippen LogP contribution in [0.5, 0.6) is 0 Å². The maximum atomic E-state index is 11.2. The molecule has 0 aromatic rings. The molecule has 0 saturated heterocycles. The van der Waals surface area contributed by atoms with E-state index in [1.807, 2.05) is 21.3 Å². The molecule has 0 aliphatic heterocycles. The summed E-state index contributed by atoms with van der Waals surface area (Å²) in [7, 11) is 5.69. The lowest BCUT2D eigenvalue weighted by Crippen LogP contribution is -2.63. The van der Waals surface area contributed by atoms with E-state index in [4.69, 9.17) is 14.2 Å². The van der Waals surface area contributed by atoms with Gasteiger partial charge in [-0.05, 0) is 92.3 Å². The Bertz CT molecular complexity index is 681. The van der Waals surface area contributed by atoms with Crippen LogP contribution in [0.15, 0.2) is 0 Å². The van der Waals surface area contributed by atoms with Crippen molar-refractivity contribution in [3.63, 3.8) is 0 Å². The Morgan fingerprint density at radius 2 is 1.75 bits per heavy atom. The van der Waals surface area contributed by atoms with Crippen molar-refractivity contribution in [2.24, 2.45) is 46.3 Å². The second kappa shape index (κ2) is 9.19. The van der Waals surface area contributed by atoms with Crippen molar-refractivity contribution < 1.29 is 24.1 Å². The number of carboxylic acids is 1. The van der Waals surface area contributed by atoms with Gasteiger partial charge in [0.2, 0.25) is 0 Å². The number of carbonyl (C=O) groups is 1. The highest BCUT2D eigenvalue weighted by Gasteiger charge is 2.66. The predicted molar refractivity (Wildman–Crippen MR) is 124 cm³/mol. The number of hydrogen-bond donors (Lipinski definition) is 1. The second-order valence-corrected chi connectivity index (χ2v) is 12.1. The van der Waals surface area contributed by atoms with E-state index in [0.717, 1.165) is 25.7 Å². The highest BCUT2D eigenvalue weighted by molar-refractivity contribution is 5.66. The first-order valence-corrected chi connectivity index (χ1v) is 13.0. The summed E-state index contributed by atoms with van der Waals surface area (Å²) in [5.74, 6) is 2.69. The van der Waals surface area contributed by atoms with Gasteiger partial charge in [0.1, 0.15) is 0 Å². The standard InChI is InChI=1S/C27H46O5/c1-16(7-10-24(28)29)19-8-9-20-25-21(15-23(32-6)27(19,20)3)26(2)12-11-18(30-4)13-17(26)14-22(25)31-5/h16-23,25H,7-15H2,1-6H3,(H,28,29)/t16?,17-,18+,19+,20-,21-,22+,23-,25-,26-,27+/m0/s1. The van der Waals surface area contributed by atoms with E-state index in [-0.39, 0.29) is 17.9 Å². The fraction of sp³-hybridized carbons (Fsp3) is 0.963. The largest absolute Gasteiger partial charge is 0.481 e. The maximum Gasteiger partial charge on any atom is 0.303 e. The van der Waals surface area contributed by atoms with Gasteiger partial charge in [-0.25, -0.2) is 0 Å². The van der Waals surface area contributed by atoms with Gasteiger partial charge >= 0.3 is 5.97 Å². The molecule has 4 rings (SSSR count). The molecule has 5 heteroatoms. The third kappa shape index (κ3) is 3.75. The SMILES string of the molecule is CO[C@@H]1CC[C@@]2(C)[C@@H](C1)C[C@@H](OC)[C@@H]1[C@@H]2C[C@H](OC)[C@]2(C)[C@@H](C(C)CCC(=O)O)CC[C@@H]12. The fourth-order valence-corrected chi connectivity index (χ4v) is 9.43. The van der Waals surface area contributed by atoms with Gasteiger partial charge in [-0.15, -0.1) is 0 Å². The van der Waals surface area contributed by atoms with E-state index < -0.39 is 5.97 Å². The zero-order valence-corrected chi connectivity index (χ0v) is 21.1. The first-order valence-electron chi connectivity index (χ1n) is 13.0. The summed E-state index contributed by atoms with van der Waals surface area (Å²) < 4.78 is 18.4. The number of hydrogen-bond acceptors (Lipinski definition) is 4. The third-order valence-electron chi connectivity index (χ3n) is 11.2. The van der Waals surface area contributed by atoms with Gasteiger partial charge in [-0.2, -0.15) is 0 Å². The molecule has 0 aromatic heterocycles. The molecule has 0 bridgehead atoms. The van der Waals surface area contributed by atoms with E-state index in [9.17, 15) is 9.90 Å². The van der Waals surface area contributed by atoms with E-state index >= 15 is 0 Å². The van der Waals surface area contributed by atoms with Crippen molar-refractivity contribution in [1.29, 1.82) is 0 Å². The molecule has 0 heterocycles. The van der Waals surface area contributed by atoms with E-state index in [0.29, 0.717) is 53.1 Å². The zero-order chi connectivity index (χ0) is 23.3. The first-order chi connectivity index (χ1) is 15.2. The smallest absolute Gasteiger partial charge is 0.303 e. The molecular formula is C27H46O5. The predicted octanol–water partition coefficient (Wildman–Crippen LogP) is 5.41. The highest BCUT2D eigenvalue weighted by atomic mass is 16.5. The van der Waals surface area contributed by atoms with E-state index in [1.165, 1.54) is 25.7 Å². The van der Waals surface area contributed by atoms with Crippen LogP contribution in [0.3, 0.4) is 0 Å². The summed E-state index contributed by atoms with van der Waals surface area (Å²) in [6.07, 6.45) is 10.2. The lowest BCUT2D eigenvalue weighted by molar-refractivity contribution is -0.218. The van der Waals surface area contributed by atoms with Crippen LogP contribution in [-0.4, -0.2) is 50.7 Å². The van der Waals surface area contributed by atoms with Crippen LogP contribution in [0.25, 0.3) is 0 Å². The summed E-state index contributed by atoms with van der Waals surface area (Å²) in [5.41, 5.74) is 0.428. The summed E-state index contributed by atoms with van der Waals surface area (Å²) in [4.78, 5) is 11.2. The van der Waals surface area contributed by atoms with Gasteiger partial charge < -0.3 is 19.3 Å². The van der Waals surface area contributed by atoms with Gasteiger partial charge in [0, 0.05) is 33.2 Å². The number of ether oxygens (including phenoxy) is 3.